The van der Waals surface area contributed by atoms with Crippen LogP contribution in [-0.2, 0) is 4.79 Å². The molecule has 0 aliphatic heterocycles. The predicted octanol–water partition coefficient (Wildman–Crippen LogP) is 1.22. The van der Waals surface area contributed by atoms with Gasteiger partial charge in [-0.3, -0.25) is 4.79 Å². The summed E-state index contributed by atoms with van der Waals surface area (Å²) in [6.45, 7) is 3.50. The molecule has 1 rings (SSSR count). The number of aliphatic hydroxyl groups excluding tert-OH is 1. The molecule has 0 aromatic heterocycles. The van der Waals surface area contributed by atoms with Crippen LogP contribution in [0.15, 0.2) is 18.2 Å². The number of nitrogens with zero attached hydrogens (tertiary/aromatic N) is 1. The van der Waals surface area contributed by atoms with E-state index in [1.54, 1.807) is 6.07 Å². The first-order valence-corrected chi connectivity index (χ1v) is 6.48. The third kappa shape index (κ3) is 5.72. The predicted molar refractivity (Wildman–Crippen MR) is 78.0 cm³/mol. The largest absolute Gasteiger partial charge is 0.399 e. The van der Waals surface area contributed by atoms with Crippen molar-refractivity contribution in [3.8, 4) is 0 Å². The van der Waals surface area contributed by atoms with Gasteiger partial charge in [0, 0.05) is 24.3 Å². The summed E-state index contributed by atoms with van der Waals surface area (Å²) in [4.78, 5) is 13.8. The van der Waals surface area contributed by atoms with Crippen molar-refractivity contribution in [3.63, 3.8) is 0 Å². The highest BCUT2D eigenvalue weighted by Crippen LogP contribution is 2.17. The first kappa shape index (κ1) is 15.5. The highest BCUT2D eigenvalue weighted by Gasteiger charge is 2.05. The Kier molecular flexibility index (Phi) is 6.32. The number of anilines is 2. The zero-order chi connectivity index (χ0) is 14.3. The van der Waals surface area contributed by atoms with Gasteiger partial charge < -0.3 is 21.1 Å². The van der Waals surface area contributed by atoms with Crippen LogP contribution < -0.4 is 11.1 Å². The summed E-state index contributed by atoms with van der Waals surface area (Å²) in [6.07, 6.45) is 1.25. The molecule has 0 spiro atoms. The van der Waals surface area contributed by atoms with Crippen molar-refractivity contribution >= 4 is 17.3 Å². The smallest absolute Gasteiger partial charge is 0.224 e. The number of nitrogens with one attached hydrogen (secondary N) is 1. The highest BCUT2D eigenvalue weighted by molar-refractivity contribution is 5.91. The summed E-state index contributed by atoms with van der Waals surface area (Å²) >= 11 is 0. The van der Waals surface area contributed by atoms with Gasteiger partial charge in [-0.15, -0.1) is 0 Å². The number of aliphatic hydroxyl groups is 1. The van der Waals surface area contributed by atoms with Crippen molar-refractivity contribution < 1.29 is 9.90 Å². The fourth-order valence-corrected chi connectivity index (χ4v) is 1.83. The van der Waals surface area contributed by atoms with E-state index in [1.165, 1.54) is 0 Å². The Labute approximate surface area is 114 Å². The van der Waals surface area contributed by atoms with E-state index in [1.807, 2.05) is 31.0 Å². The van der Waals surface area contributed by atoms with Gasteiger partial charge in [0.1, 0.15) is 0 Å². The van der Waals surface area contributed by atoms with Crippen molar-refractivity contribution in [3.05, 3.63) is 23.8 Å². The molecule has 0 unspecified atom stereocenters. The SMILES string of the molecule is Cc1cc(N)ccc1NC(=O)CCCN(C)CCO. The zero-order valence-electron chi connectivity index (χ0n) is 11.6. The molecule has 0 heterocycles. The summed E-state index contributed by atoms with van der Waals surface area (Å²) in [6, 6.07) is 5.43. The third-order valence-corrected chi connectivity index (χ3v) is 2.95. The zero-order valence-corrected chi connectivity index (χ0v) is 11.6. The molecule has 0 aliphatic rings. The van der Waals surface area contributed by atoms with Gasteiger partial charge >= 0.3 is 0 Å². The Morgan fingerprint density at radius 3 is 2.79 bits per heavy atom. The van der Waals surface area contributed by atoms with Crippen LogP contribution in [0.4, 0.5) is 11.4 Å². The van der Waals surface area contributed by atoms with E-state index in [-0.39, 0.29) is 12.5 Å². The molecule has 1 aromatic carbocycles. The van der Waals surface area contributed by atoms with Crippen LogP contribution in [0.1, 0.15) is 18.4 Å². The second-order valence-corrected chi connectivity index (χ2v) is 4.75. The number of carbonyl (C=O) groups is 1. The summed E-state index contributed by atoms with van der Waals surface area (Å²) < 4.78 is 0. The second-order valence-electron chi connectivity index (χ2n) is 4.75. The summed E-state index contributed by atoms with van der Waals surface area (Å²) in [5.41, 5.74) is 8.13. The fraction of sp³-hybridized carbons (Fsp3) is 0.500. The molecule has 0 aliphatic carbocycles. The second kappa shape index (κ2) is 7.76. The van der Waals surface area contributed by atoms with Crippen LogP contribution in [0.2, 0.25) is 0 Å². The van der Waals surface area contributed by atoms with E-state index in [9.17, 15) is 4.79 Å². The number of carbonyl (C=O) groups excluding carboxylic acids is 1. The standard InChI is InChI=1S/C14H23N3O2/c1-11-10-12(15)5-6-13(11)16-14(19)4-3-7-17(2)8-9-18/h5-6,10,18H,3-4,7-9,15H2,1-2H3,(H,16,19). The number of hydrogen-bond donors (Lipinski definition) is 3. The summed E-state index contributed by atoms with van der Waals surface area (Å²) in [5, 5.41) is 11.6. The van der Waals surface area contributed by atoms with Gasteiger partial charge in [0.2, 0.25) is 5.91 Å². The van der Waals surface area contributed by atoms with Crippen molar-refractivity contribution in [1.82, 2.24) is 4.90 Å². The number of amides is 1. The first-order chi connectivity index (χ1) is 9.02. The number of hydrogen-bond acceptors (Lipinski definition) is 4. The lowest BCUT2D eigenvalue weighted by molar-refractivity contribution is -0.116. The Bertz CT molecular complexity index is 421. The van der Waals surface area contributed by atoms with Crippen molar-refractivity contribution in [2.75, 3.05) is 37.8 Å². The lowest BCUT2D eigenvalue weighted by Gasteiger charge is -2.14. The number of likely N-dealkylation sites (N-methyl/N-ethyl adjacent to an activating group) is 1. The molecular formula is C14H23N3O2. The topological polar surface area (TPSA) is 78.6 Å². The first-order valence-electron chi connectivity index (χ1n) is 6.48. The molecule has 1 aromatic rings. The van der Waals surface area contributed by atoms with E-state index >= 15 is 0 Å². The van der Waals surface area contributed by atoms with Crippen molar-refractivity contribution in [2.45, 2.75) is 19.8 Å². The average molecular weight is 265 g/mol. The van der Waals surface area contributed by atoms with Gasteiger partial charge in [-0.05, 0) is 50.7 Å². The molecule has 4 N–H and O–H groups in total. The molecule has 0 atom stereocenters. The Morgan fingerprint density at radius 2 is 2.16 bits per heavy atom. The highest BCUT2D eigenvalue weighted by atomic mass is 16.3. The number of rotatable bonds is 7. The van der Waals surface area contributed by atoms with E-state index in [2.05, 4.69) is 5.32 Å². The summed E-state index contributed by atoms with van der Waals surface area (Å²) in [5.74, 6) is 0.00488. The number of nitrogen functional groups attached to an aromatic ring is 1. The molecule has 0 fully saturated rings. The van der Waals surface area contributed by atoms with Gasteiger partial charge in [0.25, 0.3) is 0 Å². The van der Waals surface area contributed by atoms with Crippen LogP contribution in [0.3, 0.4) is 0 Å². The molecule has 1 amide bonds. The number of nitrogens with two attached hydrogens (primary N) is 1. The van der Waals surface area contributed by atoms with Crippen LogP contribution in [0.5, 0.6) is 0 Å². The molecule has 0 saturated heterocycles. The Hall–Kier alpha value is -1.59. The third-order valence-electron chi connectivity index (χ3n) is 2.95. The quantitative estimate of drug-likeness (QED) is 0.648. The molecular weight excluding hydrogens is 242 g/mol. The van der Waals surface area contributed by atoms with Gasteiger partial charge in [-0.25, -0.2) is 0 Å². The van der Waals surface area contributed by atoms with Gasteiger partial charge in [0.05, 0.1) is 6.61 Å². The molecule has 106 valence electrons. The van der Waals surface area contributed by atoms with Crippen molar-refractivity contribution in [1.29, 1.82) is 0 Å². The molecule has 0 radical (unpaired) electrons. The monoisotopic (exact) mass is 265 g/mol. The van der Waals surface area contributed by atoms with Gasteiger partial charge in [0.15, 0.2) is 0 Å². The van der Waals surface area contributed by atoms with Crippen LogP contribution in [0, 0.1) is 6.92 Å². The maximum absolute atomic E-state index is 11.8. The average Bonchev–Trinajstić information content (AvgIpc) is 2.33. The minimum atomic E-state index is 0.00488. The van der Waals surface area contributed by atoms with E-state index in [0.717, 1.165) is 24.2 Å². The van der Waals surface area contributed by atoms with E-state index < -0.39 is 0 Å². The van der Waals surface area contributed by atoms with Gasteiger partial charge in [-0.1, -0.05) is 0 Å². The van der Waals surface area contributed by atoms with Crippen molar-refractivity contribution in [2.24, 2.45) is 0 Å². The minimum absolute atomic E-state index is 0.00488. The normalized spacial score (nSPS) is 10.7. The Balaban J connectivity index is 2.35. The molecule has 5 heteroatoms. The maximum atomic E-state index is 11.8. The molecule has 0 bridgehead atoms. The molecule has 19 heavy (non-hydrogen) atoms. The van der Waals surface area contributed by atoms with E-state index in [4.69, 9.17) is 10.8 Å². The van der Waals surface area contributed by atoms with Crippen LogP contribution >= 0.6 is 0 Å². The lowest BCUT2D eigenvalue weighted by Crippen LogP contribution is -2.24. The maximum Gasteiger partial charge on any atom is 0.224 e. The van der Waals surface area contributed by atoms with Crippen LogP contribution in [0.25, 0.3) is 0 Å². The lowest BCUT2D eigenvalue weighted by atomic mass is 10.1. The number of aryl methyl sites for hydroxylation is 1. The van der Waals surface area contributed by atoms with Crippen LogP contribution in [-0.4, -0.2) is 42.7 Å². The van der Waals surface area contributed by atoms with Gasteiger partial charge in [-0.2, -0.15) is 0 Å². The Morgan fingerprint density at radius 1 is 1.42 bits per heavy atom. The number of benzene rings is 1. The molecule has 0 saturated carbocycles. The van der Waals surface area contributed by atoms with E-state index in [0.29, 0.717) is 18.7 Å². The minimum Gasteiger partial charge on any atom is -0.399 e. The fourth-order valence-electron chi connectivity index (χ4n) is 1.83. The molecule has 5 nitrogen and oxygen atoms in total. The summed E-state index contributed by atoms with van der Waals surface area (Å²) in [7, 11) is 1.93.